The standard InChI is InChI=1S/C42H35N3/c1-3-14-37-28(2)32-15-4-9-20-38(32)43(37)29-25-30(44-39-21-10-5-16-33(39)34-17-6-11-22-40(34)44)27-31(26-29)45-41-23-12-7-18-35(41)36-19-8-13-24-42(36)45/h3-7,9-18,20-27,32,38H,8,19H2,1-2H3/b14-3-. The van der Waals surface area contributed by atoms with Crippen molar-refractivity contribution in [1.82, 2.24) is 9.13 Å². The number of rotatable bonds is 4. The van der Waals surface area contributed by atoms with Gasteiger partial charge in [-0.1, -0.05) is 91.1 Å². The lowest BCUT2D eigenvalue weighted by Gasteiger charge is -2.31. The lowest BCUT2D eigenvalue weighted by Crippen LogP contribution is -2.32. The van der Waals surface area contributed by atoms with Crippen LogP contribution in [0.15, 0.2) is 145 Å². The van der Waals surface area contributed by atoms with Gasteiger partial charge in [0.1, 0.15) is 0 Å². The molecule has 3 aliphatic rings. The molecule has 0 amide bonds. The molecule has 0 spiro atoms. The number of aromatic nitrogens is 2. The summed E-state index contributed by atoms with van der Waals surface area (Å²) in [7, 11) is 0. The largest absolute Gasteiger partial charge is 0.333 e. The number of para-hydroxylation sites is 3. The van der Waals surface area contributed by atoms with Crippen LogP contribution in [0.2, 0.25) is 0 Å². The molecule has 2 aliphatic carbocycles. The molecule has 6 aromatic rings. The zero-order chi connectivity index (χ0) is 30.1. The van der Waals surface area contributed by atoms with Crippen LogP contribution in [0.1, 0.15) is 31.5 Å². The minimum atomic E-state index is 0.234. The van der Waals surface area contributed by atoms with Crippen molar-refractivity contribution in [2.24, 2.45) is 5.92 Å². The maximum atomic E-state index is 2.56. The van der Waals surface area contributed by atoms with Crippen LogP contribution in [0.25, 0.3) is 50.2 Å². The van der Waals surface area contributed by atoms with Crippen molar-refractivity contribution in [3.05, 3.63) is 156 Å². The van der Waals surface area contributed by atoms with Crippen LogP contribution in [0, 0.1) is 5.92 Å². The van der Waals surface area contributed by atoms with E-state index < -0.39 is 0 Å². The Labute approximate surface area is 264 Å². The molecule has 4 aromatic carbocycles. The summed E-state index contributed by atoms with van der Waals surface area (Å²) in [5, 5.41) is 3.91. The number of aryl methyl sites for hydroxylation is 1. The van der Waals surface area contributed by atoms with Crippen molar-refractivity contribution in [3.63, 3.8) is 0 Å². The molecule has 2 aromatic heterocycles. The minimum absolute atomic E-state index is 0.234. The first kappa shape index (κ1) is 26.2. The Balaban J connectivity index is 1.38. The number of allylic oxidation sites excluding steroid dienone is 5. The molecule has 0 N–H and O–H groups in total. The Kier molecular flexibility index (Phi) is 5.89. The summed E-state index contributed by atoms with van der Waals surface area (Å²) in [6.07, 6.45) is 20.4. The summed E-state index contributed by atoms with van der Waals surface area (Å²) in [6, 6.07) is 34.0. The van der Waals surface area contributed by atoms with Gasteiger partial charge in [-0.3, -0.25) is 0 Å². The lowest BCUT2D eigenvalue weighted by atomic mass is 9.91. The Bertz CT molecular complexity index is 2260. The summed E-state index contributed by atoms with van der Waals surface area (Å²) in [5.74, 6) is 0.352. The molecule has 9 rings (SSSR count). The number of nitrogens with zero attached hydrogens (tertiary/aromatic N) is 3. The average Bonchev–Trinajstić information content (AvgIpc) is 3.70. The zero-order valence-electron chi connectivity index (χ0n) is 25.7. The van der Waals surface area contributed by atoms with Crippen molar-refractivity contribution in [2.75, 3.05) is 4.90 Å². The highest BCUT2D eigenvalue weighted by atomic mass is 15.2. The van der Waals surface area contributed by atoms with E-state index in [2.05, 4.69) is 167 Å². The van der Waals surface area contributed by atoms with Crippen LogP contribution >= 0.6 is 0 Å². The summed E-state index contributed by atoms with van der Waals surface area (Å²) >= 11 is 0. The van der Waals surface area contributed by atoms with Gasteiger partial charge in [-0.05, 0) is 86.4 Å². The molecule has 0 fully saturated rings. The van der Waals surface area contributed by atoms with Crippen LogP contribution in [0.5, 0.6) is 0 Å². The molecule has 2 unspecified atom stereocenters. The van der Waals surface area contributed by atoms with E-state index >= 15 is 0 Å². The van der Waals surface area contributed by atoms with E-state index in [1.165, 1.54) is 72.3 Å². The summed E-state index contributed by atoms with van der Waals surface area (Å²) < 4.78 is 4.96. The Morgan fingerprint density at radius 2 is 1.29 bits per heavy atom. The molecule has 0 saturated heterocycles. The highest BCUT2D eigenvalue weighted by Crippen LogP contribution is 2.44. The first-order chi connectivity index (χ1) is 22.2. The molecule has 45 heavy (non-hydrogen) atoms. The lowest BCUT2D eigenvalue weighted by molar-refractivity contribution is 0.676. The van der Waals surface area contributed by atoms with Crippen LogP contribution < -0.4 is 4.90 Å². The third kappa shape index (κ3) is 3.83. The maximum Gasteiger partial charge on any atom is 0.0626 e. The van der Waals surface area contributed by atoms with Gasteiger partial charge in [-0.2, -0.15) is 0 Å². The maximum absolute atomic E-state index is 2.56. The summed E-state index contributed by atoms with van der Waals surface area (Å²) in [6.45, 7) is 4.42. The van der Waals surface area contributed by atoms with Gasteiger partial charge in [0.15, 0.2) is 0 Å². The third-order valence-corrected chi connectivity index (χ3v) is 10.0. The van der Waals surface area contributed by atoms with Gasteiger partial charge in [0.25, 0.3) is 0 Å². The molecule has 0 bridgehead atoms. The molecule has 1 aliphatic heterocycles. The predicted octanol–water partition coefficient (Wildman–Crippen LogP) is 10.5. The van der Waals surface area contributed by atoms with Gasteiger partial charge in [0, 0.05) is 39.2 Å². The molecule has 0 radical (unpaired) electrons. The first-order valence-corrected chi connectivity index (χ1v) is 16.1. The minimum Gasteiger partial charge on any atom is -0.333 e. The SMILES string of the molecule is C/C=C\C1=C(C)C2C=CC=CC2N1c1cc(-n2c3c(c4ccccc42)CCC=C3)cc(-n2c3ccccc3c3ccccc32)c1. The normalized spacial score (nSPS) is 19.1. The third-order valence-electron chi connectivity index (χ3n) is 10.0. The highest BCUT2D eigenvalue weighted by molar-refractivity contribution is 6.09. The Hall–Kier alpha value is -5.28. The second-order valence-electron chi connectivity index (χ2n) is 12.5. The fraction of sp³-hybridized carbons (Fsp3) is 0.143. The molecule has 3 heterocycles. The second-order valence-corrected chi connectivity index (χ2v) is 12.5. The van der Waals surface area contributed by atoms with Crippen LogP contribution in [-0.4, -0.2) is 15.2 Å². The van der Waals surface area contributed by atoms with Gasteiger partial charge < -0.3 is 14.0 Å². The van der Waals surface area contributed by atoms with Gasteiger partial charge >= 0.3 is 0 Å². The van der Waals surface area contributed by atoms with Crippen molar-refractivity contribution < 1.29 is 0 Å². The molecule has 0 saturated carbocycles. The Morgan fingerprint density at radius 3 is 2.00 bits per heavy atom. The van der Waals surface area contributed by atoms with Crippen LogP contribution in [-0.2, 0) is 6.42 Å². The van der Waals surface area contributed by atoms with Gasteiger partial charge in [0.05, 0.1) is 34.0 Å². The highest BCUT2D eigenvalue weighted by Gasteiger charge is 2.37. The molecule has 3 nitrogen and oxygen atoms in total. The molecule has 3 heteroatoms. The fourth-order valence-corrected chi connectivity index (χ4v) is 8.09. The summed E-state index contributed by atoms with van der Waals surface area (Å²) in [4.78, 5) is 2.56. The zero-order valence-corrected chi connectivity index (χ0v) is 25.7. The molecular weight excluding hydrogens is 546 g/mol. The average molecular weight is 582 g/mol. The van der Waals surface area contributed by atoms with E-state index in [0.717, 1.165) is 12.8 Å². The van der Waals surface area contributed by atoms with E-state index in [9.17, 15) is 0 Å². The van der Waals surface area contributed by atoms with Gasteiger partial charge in [-0.25, -0.2) is 0 Å². The quantitative estimate of drug-likeness (QED) is 0.202. The number of benzene rings is 4. The number of anilines is 1. The topological polar surface area (TPSA) is 13.1 Å². The van der Waals surface area contributed by atoms with Crippen molar-refractivity contribution in [2.45, 2.75) is 32.7 Å². The first-order valence-electron chi connectivity index (χ1n) is 16.1. The van der Waals surface area contributed by atoms with Crippen LogP contribution in [0.4, 0.5) is 5.69 Å². The Morgan fingerprint density at radius 1 is 0.689 bits per heavy atom. The van der Waals surface area contributed by atoms with Gasteiger partial charge in [-0.15, -0.1) is 0 Å². The number of fused-ring (bicyclic) bond motifs is 7. The van der Waals surface area contributed by atoms with E-state index in [1.807, 2.05) is 0 Å². The molecule has 2 atom stereocenters. The van der Waals surface area contributed by atoms with Crippen molar-refractivity contribution >= 4 is 44.5 Å². The van der Waals surface area contributed by atoms with E-state index in [1.54, 1.807) is 0 Å². The van der Waals surface area contributed by atoms with Crippen molar-refractivity contribution in [3.8, 4) is 11.4 Å². The molecular formula is C42H35N3. The summed E-state index contributed by atoms with van der Waals surface area (Å²) in [5.41, 5.74) is 12.7. The number of hydrogen-bond acceptors (Lipinski definition) is 1. The molecule has 218 valence electrons. The second kappa shape index (κ2) is 10.1. The van der Waals surface area contributed by atoms with Crippen LogP contribution in [0.3, 0.4) is 0 Å². The predicted molar refractivity (Wildman–Crippen MR) is 191 cm³/mol. The fourth-order valence-electron chi connectivity index (χ4n) is 8.09. The van der Waals surface area contributed by atoms with E-state index in [4.69, 9.17) is 0 Å². The smallest absolute Gasteiger partial charge is 0.0626 e. The van der Waals surface area contributed by atoms with E-state index in [0.29, 0.717) is 5.92 Å². The van der Waals surface area contributed by atoms with Crippen molar-refractivity contribution in [1.29, 1.82) is 0 Å². The monoisotopic (exact) mass is 581 g/mol. The number of hydrogen-bond donors (Lipinski definition) is 0. The van der Waals surface area contributed by atoms with E-state index in [-0.39, 0.29) is 6.04 Å². The van der Waals surface area contributed by atoms with Gasteiger partial charge in [0.2, 0.25) is 0 Å².